The van der Waals surface area contributed by atoms with Crippen molar-refractivity contribution in [3.63, 3.8) is 0 Å². The van der Waals surface area contributed by atoms with Crippen LogP contribution in [0.1, 0.15) is 39.0 Å². The Hall–Kier alpha value is -1.14. The average Bonchev–Trinajstić information content (AvgIpc) is 2.64. The Morgan fingerprint density at radius 2 is 2.11 bits per heavy atom. The Morgan fingerprint density at radius 1 is 1.32 bits per heavy atom. The van der Waals surface area contributed by atoms with Gasteiger partial charge in [-0.15, -0.1) is 0 Å². The summed E-state index contributed by atoms with van der Waals surface area (Å²) in [6.45, 7) is 2.59. The van der Waals surface area contributed by atoms with E-state index in [0.29, 0.717) is 6.54 Å². The van der Waals surface area contributed by atoms with Gasteiger partial charge in [0, 0.05) is 24.8 Å². The first kappa shape index (κ1) is 14.3. The zero-order valence-corrected chi connectivity index (χ0v) is 11.9. The van der Waals surface area contributed by atoms with Crippen molar-refractivity contribution in [2.45, 2.75) is 50.0 Å². The predicted molar refractivity (Wildman–Crippen MR) is 73.5 cm³/mol. The van der Waals surface area contributed by atoms with Crippen LogP contribution < -0.4 is 5.56 Å². The van der Waals surface area contributed by atoms with E-state index in [2.05, 4.69) is 4.98 Å². The molecule has 1 unspecified atom stereocenters. The third kappa shape index (κ3) is 3.06. The van der Waals surface area contributed by atoms with E-state index in [4.69, 9.17) is 0 Å². The van der Waals surface area contributed by atoms with Crippen molar-refractivity contribution in [1.82, 2.24) is 9.29 Å². The minimum absolute atomic E-state index is 0.0689. The summed E-state index contributed by atoms with van der Waals surface area (Å²) < 4.78 is 26.9. The van der Waals surface area contributed by atoms with E-state index < -0.39 is 10.0 Å². The molecule has 0 amide bonds. The van der Waals surface area contributed by atoms with Crippen LogP contribution in [0.25, 0.3) is 0 Å². The molecule has 1 aliphatic heterocycles. The summed E-state index contributed by atoms with van der Waals surface area (Å²) >= 11 is 0. The van der Waals surface area contributed by atoms with Crippen molar-refractivity contribution in [3.8, 4) is 0 Å². The van der Waals surface area contributed by atoms with Crippen LogP contribution in [0, 0.1) is 0 Å². The third-order valence-electron chi connectivity index (χ3n) is 3.66. The van der Waals surface area contributed by atoms with E-state index in [1.54, 1.807) is 4.31 Å². The number of aromatic nitrogens is 1. The molecule has 0 aromatic carbocycles. The maximum Gasteiger partial charge on any atom is 0.247 e. The molecule has 2 rings (SSSR count). The van der Waals surface area contributed by atoms with Crippen LogP contribution in [0.5, 0.6) is 0 Å². The number of rotatable bonds is 3. The molecule has 0 spiro atoms. The SMILES string of the molecule is CCC1CCCCCN1S(=O)(=O)c1ccc(=O)[nH]c1. The van der Waals surface area contributed by atoms with Crippen molar-refractivity contribution < 1.29 is 8.42 Å². The van der Waals surface area contributed by atoms with Gasteiger partial charge in [0.15, 0.2) is 0 Å². The van der Waals surface area contributed by atoms with Gasteiger partial charge in [0.1, 0.15) is 0 Å². The van der Waals surface area contributed by atoms with Crippen LogP contribution in [-0.4, -0.2) is 30.3 Å². The van der Waals surface area contributed by atoms with Gasteiger partial charge in [-0.05, 0) is 25.3 Å². The number of sulfonamides is 1. The lowest BCUT2D eigenvalue weighted by molar-refractivity contribution is 0.315. The summed E-state index contributed by atoms with van der Waals surface area (Å²) in [6.07, 6.45) is 6.08. The fourth-order valence-electron chi connectivity index (χ4n) is 2.57. The minimum atomic E-state index is -3.50. The van der Waals surface area contributed by atoms with Crippen LogP contribution in [0.15, 0.2) is 28.0 Å². The Morgan fingerprint density at radius 3 is 2.74 bits per heavy atom. The van der Waals surface area contributed by atoms with E-state index in [9.17, 15) is 13.2 Å². The molecule has 1 N–H and O–H groups in total. The zero-order chi connectivity index (χ0) is 13.9. The van der Waals surface area contributed by atoms with Crippen LogP contribution in [0.3, 0.4) is 0 Å². The van der Waals surface area contributed by atoms with Crippen LogP contribution >= 0.6 is 0 Å². The molecule has 1 saturated heterocycles. The molecule has 19 heavy (non-hydrogen) atoms. The second kappa shape index (κ2) is 5.88. The van der Waals surface area contributed by atoms with E-state index in [-0.39, 0.29) is 16.5 Å². The van der Waals surface area contributed by atoms with Crippen molar-refractivity contribution in [1.29, 1.82) is 0 Å². The zero-order valence-electron chi connectivity index (χ0n) is 11.1. The maximum atomic E-state index is 12.6. The number of aromatic amines is 1. The summed E-state index contributed by atoms with van der Waals surface area (Å²) in [4.78, 5) is 13.6. The molecule has 1 atom stereocenters. The highest BCUT2D eigenvalue weighted by Gasteiger charge is 2.31. The molecule has 1 fully saturated rings. The largest absolute Gasteiger partial charge is 0.328 e. The van der Waals surface area contributed by atoms with Gasteiger partial charge >= 0.3 is 0 Å². The highest BCUT2D eigenvalue weighted by atomic mass is 32.2. The lowest BCUT2D eigenvalue weighted by Crippen LogP contribution is -2.39. The van der Waals surface area contributed by atoms with Crippen LogP contribution in [0.2, 0.25) is 0 Å². The van der Waals surface area contributed by atoms with Gasteiger partial charge in [0.2, 0.25) is 15.6 Å². The maximum absolute atomic E-state index is 12.6. The van der Waals surface area contributed by atoms with Crippen LogP contribution in [-0.2, 0) is 10.0 Å². The standard InChI is InChI=1S/C13H20N2O3S/c1-2-11-6-4-3-5-9-15(11)19(17,18)12-7-8-13(16)14-10-12/h7-8,10-11H,2-6,9H2,1H3,(H,14,16). The monoisotopic (exact) mass is 284 g/mol. The van der Waals surface area contributed by atoms with Crippen molar-refractivity contribution in [2.24, 2.45) is 0 Å². The highest BCUT2D eigenvalue weighted by Crippen LogP contribution is 2.25. The van der Waals surface area contributed by atoms with Gasteiger partial charge in [-0.2, -0.15) is 4.31 Å². The molecule has 6 heteroatoms. The third-order valence-corrected chi connectivity index (χ3v) is 5.60. The first-order valence-electron chi connectivity index (χ1n) is 6.76. The first-order chi connectivity index (χ1) is 9.05. The first-order valence-corrected chi connectivity index (χ1v) is 8.20. The second-order valence-corrected chi connectivity index (χ2v) is 6.81. The lowest BCUT2D eigenvalue weighted by atomic mass is 10.1. The van der Waals surface area contributed by atoms with Gasteiger partial charge < -0.3 is 4.98 Å². The van der Waals surface area contributed by atoms with Crippen molar-refractivity contribution in [3.05, 3.63) is 28.7 Å². The molecular weight excluding hydrogens is 264 g/mol. The van der Waals surface area contributed by atoms with Gasteiger partial charge in [0.05, 0.1) is 4.90 Å². The molecule has 1 aromatic rings. The topological polar surface area (TPSA) is 70.2 Å². The Balaban J connectivity index is 2.35. The number of hydrogen-bond donors (Lipinski definition) is 1. The smallest absolute Gasteiger partial charge is 0.247 e. The average molecular weight is 284 g/mol. The van der Waals surface area contributed by atoms with E-state index >= 15 is 0 Å². The summed E-state index contributed by atoms with van der Waals surface area (Å²) in [5.74, 6) is 0. The van der Waals surface area contributed by atoms with E-state index in [1.165, 1.54) is 18.3 Å². The number of nitrogens with zero attached hydrogens (tertiary/aromatic N) is 1. The Kier molecular flexibility index (Phi) is 4.42. The molecule has 0 radical (unpaired) electrons. The molecule has 0 bridgehead atoms. The molecule has 0 saturated carbocycles. The Bertz CT molecular complexity index is 559. The molecule has 1 aromatic heterocycles. The molecule has 1 aliphatic rings. The number of pyridine rings is 1. The van der Waals surface area contributed by atoms with E-state index in [0.717, 1.165) is 32.1 Å². The van der Waals surface area contributed by atoms with Gasteiger partial charge in [-0.25, -0.2) is 8.42 Å². The van der Waals surface area contributed by atoms with Crippen molar-refractivity contribution >= 4 is 10.0 Å². The lowest BCUT2D eigenvalue weighted by Gasteiger charge is -2.28. The summed E-state index contributed by atoms with van der Waals surface area (Å²) in [5.41, 5.74) is -0.290. The van der Waals surface area contributed by atoms with Crippen LogP contribution in [0.4, 0.5) is 0 Å². The minimum Gasteiger partial charge on any atom is -0.328 e. The highest BCUT2D eigenvalue weighted by molar-refractivity contribution is 7.89. The number of hydrogen-bond acceptors (Lipinski definition) is 3. The van der Waals surface area contributed by atoms with Crippen molar-refractivity contribution in [2.75, 3.05) is 6.54 Å². The normalized spacial score (nSPS) is 22.1. The molecule has 2 heterocycles. The second-order valence-electron chi connectivity index (χ2n) is 4.92. The molecule has 5 nitrogen and oxygen atoms in total. The number of nitrogens with one attached hydrogen (secondary N) is 1. The fourth-order valence-corrected chi connectivity index (χ4v) is 4.30. The van der Waals surface area contributed by atoms with Gasteiger partial charge in [-0.1, -0.05) is 19.8 Å². The molecule has 0 aliphatic carbocycles. The fraction of sp³-hybridized carbons (Fsp3) is 0.615. The van der Waals surface area contributed by atoms with Gasteiger partial charge in [-0.3, -0.25) is 4.79 Å². The number of H-pyrrole nitrogens is 1. The predicted octanol–water partition coefficient (Wildman–Crippen LogP) is 1.72. The van der Waals surface area contributed by atoms with E-state index in [1.807, 2.05) is 6.92 Å². The summed E-state index contributed by atoms with van der Waals surface area (Å²) in [6, 6.07) is 2.71. The quantitative estimate of drug-likeness (QED) is 0.918. The molecular formula is C13H20N2O3S. The summed E-state index contributed by atoms with van der Waals surface area (Å²) in [5, 5.41) is 0. The molecule has 106 valence electrons. The summed E-state index contributed by atoms with van der Waals surface area (Å²) in [7, 11) is -3.50. The van der Waals surface area contributed by atoms with Gasteiger partial charge in [0.25, 0.3) is 0 Å². The Labute approximate surface area is 113 Å².